The standard InChI is InChI=1S/C17H16N2O3S/c1-4-22-17(21)14-10(2)15(19-11(14)3)16(20)12(9-18)8-13-6-5-7-23-13/h5-8,19H,4H2,1-3H3. The molecular weight excluding hydrogens is 312 g/mol. The summed E-state index contributed by atoms with van der Waals surface area (Å²) in [6, 6.07) is 5.60. The summed E-state index contributed by atoms with van der Waals surface area (Å²) in [5.74, 6) is -0.907. The number of H-pyrrole nitrogens is 1. The van der Waals surface area contributed by atoms with Crippen molar-refractivity contribution < 1.29 is 14.3 Å². The van der Waals surface area contributed by atoms with Crippen LogP contribution in [0, 0.1) is 25.2 Å². The second-order valence-electron chi connectivity index (χ2n) is 4.86. The number of carbonyl (C=O) groups excluding carboxylic acids is 2. The van der Waals surface area contributed by atoms with Gasteiger partial charge in [-0.3, -0.25) is 4.79 Å². The van der Waals surface area contributed by atoms with Crippen LogP contribution in [-0.2, 0) is 4.74 Å². The summed E-state index contributed by atoms with van der Waals surface area (Å²) >= 11 is 1.44. The molecular formula is C17H16N2O3S. The Balaban J connectivity index is 2.42. The lowest BCUT2D eigenvalue weighted by Crippen LogP contribution is -2.08. The number of esters is 1. The average molecular weight is 328 g/mol. The van der Waals surface area contributed by atoms with E-state index in [9.17, 15) is 14.9 Å². The molecule has 0 aliphatic heterocycles. The van der Waals surface area contributed by atoms with Crippen LogP contribution in [0.5, 0.6) is 0 Å². The number of Topliss-reactive ketones (excluding diaryl/α,β-unsaturated/α-hetero) is 1. The Bertz CT molecular complexity index is 808. The van der Waals surface area contributed by atoms with Gasteiger partial charge in [0.05, 0.1) is 17.9 Å². The van der Waals surface area contributed by atoms with Gasteiger partial charge in [0, 0.05) is 10.6 Å². The van der Waals surface area contributed by atoms with Crippen LogP contribution < -0.4 is 0 Å². The van der Waals surface area contributed by atoms with Gasteiger partial charge in [0.25, 0.3) is 0 Å². The fraction of sp³-hybridized carbons (Fsp3) is 0.235. The van der Waals surface area contributed by atoms with Crippen molar-refractivity contribution in [2.45, 2.75) is 20.8 Å². The van der Waals surface area contributed by atoms with E-state index in [0.717, 1.165) is 4.88 Å². The largest absolute Gasteiger partial charge is 0.462 e. The van der Waals surface area contributed by atoms with Crippen molar-refractivity contribution in [1.82, 2.24) is 4.98 Å². The van der Waals surface area contributed by atoms with Crippen molar-refractivity contribution in [3.05, 3.63) is 50.5 Å². The predicted octanol–water partition coefficient (Wildman–Crippen LogP) is 3.66. The lowest BCUT2D eigenvalue weighted by Gasteiger charge is -2.02. The van der Waals surface area contributed by atoms with E-state index in [2.05, 4.69) is 4.98 Å². The number of thiophene rings is 1. The highest BCUT2D eigenvalue weighted by molar-refractivity contribution is 7.10. The third-order valence-corrected chi connectivity index (χ3v) is 4.16. The summed E-state index contributed by atoms with van der Waals surface area (Å²) in [5, 5.41) is 11.1. The summed E-state index contributed by atoms with van der Waals surface area (Å²) in [7, 11) is 0. The first-order chi connectivity index (χ1) is 11.0. The molecule has 5 nitrogen and oxygen atoms in total. The Morgan fingerprint density at radius 1 is 1.43 bits per heavy atom. The van der Waals surface area contributed by atoms with Gasteiger partial charge in [-0.2, -0.15) is 5.26 Å². The number of ether oxygens (including phenoxy) is 1. The lowest BCUT2D eigenvalue weighted by atomic mass is 10.0. The van der Waals surface area contributed by atoms with E-state index in [4.69, 9.17) is 4.74 Å². The second-order valence-corrected chi connectivity index (χ2v) is 5.84. The molecule has 2 aromatic rings. The molecule has 1 N–H and O–H groups in total. The Labute approximate surface area is 138 Å². The fourth-order valence-corrected chi connectivity index (χ4v) is 2.94. The Morgan fingerprint density at radius 2 is 2.17 bits per heavy atom. The van der Waals surface area contributed by atoms with E-state index in [0.29, 0.717) is 16.8 Å². The highest BCUT2D eigenvalue weighted by Gasteiger charge is 2.24. The SMILES string of the molecule is CCOC(=O)c1c(C)[nH]c(C(=O)C(C#N)=Cc2cccs2)c1C. The minimum absolute atomic E-state index is 0.0206. The van der Waals surface area contributed by atoms with Crippen molar-refractivity contribution in [3.8, 4) is 6.07 Å². The second kappa shape index (κ2) is 7.07. The van der Waals surface area contributed by atoms with Gasteiger partial charge < -0.3 is 9.72 Å². The van der Waals surface area contributed by atoms with Crippen LogP contribution in [0.2, 0.25) is 0 Å². The normalized spacial score (nSPS) is 11.1. The van der Waals surface area contributed by atoms with Gasteiger partial charge in [0.1, 0.15) is 11.6 Å². The van der Waals surface area contributed by atoms with Gasteiger partial charge >= 0.3 is 5.97 Å². The quantitative estimate of drug-likeness (QED) is 0.393. The van der Waals surface area contributed by atoms with Crippen LogP contribution in [0.4, 0.5) is 0 Å². The third kappa shape index (κ3) is 3.41. The fourth-order valence-electron chi connectivity index (χ4n) is 2.29. The van der Waals surface area contributed by atoms with E-state index >= 15 is 0 Å². The van der Waals surface area contributed by atoms with Crippen LogP contribution in [0.1, 0.15) is 43.9 Å². The molecule has 0 aromatic carbocycles. The highest BCUT2D eigenvalue weighted by Crippen LogP contribution is 2.23. The monoisotopic (exact) mass is 328 g/mol. The van der Waals surface area contributed by atoms with Crippen LogP contribution in [0.25, 0.3) is 6.08 Å². The molecule has 0 bridgehead atoms. The van der Waals surface area contributed by atoms with E-state index in [-0.39, 0.29) is 17.9 Å². The minimum Gasteiger partial charge on any atom is -0.462 e. The average Bonchev–Trinajstić information content (AvgIpc) is 3.12. The van der Waals surface area contributed by atoms with Crippen molar-refractivity contribution in [2.75, 3.05) is 6.61 Å². The number of carbonyl (C=O) groups is 2. The molecule has 0 spiro atoms. The lowest BCUT2D eigenvalue weighted by molar-refractivity contribution is 0.0525. The molecule has 118 valence electrons. The van der Waals surface area contributed by atoms with Crippen molar-refractivity contribution in [2.24, 2.45) is 0 Å². The number of rotatable bonds is 5. The molecule has 0 saturated heterocycles. The summed E-state index contributed by atoms with van der Waals surface area (Å²) in [6.07, 6.45) is 1.55. The topological polar surface area (TPSA) is 83.0 Å². The van der Waals surface area contributed by atoms with Gasteiger partial charge in [-0.1, -0.05) is 6.07 Å². The number of hydrogen-bond donors (Lipinski definition) is 1. The molecule has 2 aromatic heterocycles. The van der Waals surface area contributed by atoms with Crippen LogP contribution in [0.15, 0.2) is 23.1 Å². The first kappa shape index (κ1) is 16.7. The van der Waals surface area contributed by atoms with E-state index in [1.54, 1.807) is 26.8 Å². The van der Waals surface area contributed by atoms with Crippen molar-refractivity contribution in [1.29, 1.82) is 5.26 Å². The molecule has 0 atom stereocenters. The number of ketones is 1. The summed E-state index contributed by atoms with van der Waals surface area (Å²) < 4.78 is 5.01. The molecule has 2 rings (SSSR count). The van der Waals surface area contributed by atoms with E-state index < -0.39 is 11.8 Å². The van der Waals surface area contributed by atoms with E-state index in [1.807, 2.05) is 23.6 Å². The number of allylic oxidation sites excluding steroid dienone is 1. The summed E-state index contributed by atoms with van der Waals surface area (Å²) in [5.41, 5.74) is 1.67. The van der Waals surface area contributed by atoms with Crippen LogP contribution in [0.3, 0.4) is 0 Å². The Hall–Kier alpha value is -2.65. The zero-order valence-electron chi connectivity index (χ0n) is 13.1. The number of aryl methyl sites for hydroxylation is 1. The predicted molar refractivity (Wildman–Crippen MR) is 88.5 cm³/mol. The first-order valence-corrected chi connectivity index (χ1v) is 7.93. The first-order valence-electron chi connectivity index (χ1n) is 7.05. The third-order valence-electron chi connectivity index (χ3n) is 3.34. The molecule has 0 amide bonds. The van der Waals surface area contributed by atoms with Gasteiger partial charge in [-0.05, 0) is 43.9 Å². The maximum absolute atomic E-state index is 12.6. The van der Waals surface area contributed by atoms with Crippen LogP contribution >= 0.6 is 11.3 Å². The smallest absolute Gasteiger partial charge is 0.340 e. The molecule has 0 saturated carbocycles. The zero-order chi connectivity index (χ0) is 17.0. The van der Waals surface area contributed by atoms with Gasteiger partial charge in [0.15, 0.2) is 0 Å². The number of nitrogens with zero attached hydrogens (tertiary/aromatic N) is 1. The maximum Gasteiger partial charge on any atom is 0.340 e. The zero-order valence-corrected chi connectivity index (χ0v) is 13.9. The van der Waals surface area contributed by atoms with Gasteiger partial charge in [-0.15, -0.1) is 11.3 Å². The van der Waals surface area contributed by atoms with Crippen molar-refractivity contribution in [3.63, 3.8) is 0 Å². The molecule has 0 fully saturated rings. The number of nitrogens with one attached hydrogen (secondary N) is 1. The highest BCUT2D eigenvalue weighted by atomic mass is 32.1. The molecule has 23 heavy (non-hydrogen) atoms. The Kier molecular flexibility index (Phi) is 5.14. The van der Waals surface area contributed by atoms with Crippen molar-refractivity contribution >= 4 is 29.2 Å². The number of aromatic nitrogens is 1. The van der Waals surface area contributed by atoms with E-state index in [1.165, 1.54) is 11.3 Å². The molecule has 2 heterocycles. The molecule has 6 heteroatoms. The molecule has 0 radical (unpaired) electrons. The summed E-state index contributed by atoms with van der Waals surface area (Å²) in [4.78, 5) is 28.3. The molecule has 0 aliphatic rings. The minimum atomic E-state index is -0.474. The number of aromatic amines is 1. The van der Waals surface area contributed by atoms with Crippen LogP contribution in [-0.4, -0.2) is 23.3 Å². The molecule has 0 unspecified atom stereocenters. The molecule has 0 aliphatic carbocycles. The number of nitriles is 1. The Morgan fingerprint density at radius 3 is 2.74 bits per heavy atom. The number of hydrogen-bond acceptors (Lipinski definition) is 5. The summed E-state index contributed by atoms with van der Waals surface area (Å²) in [6.45, 7) is 5.35. The van der Waals surface area contributed by atoms with Gasteiger partial charge in [0.2, 0.25) is 5.78 Å². The van der Waals surface area contributed by atoms with Gasteiger partial charge in [-0.25, -0.2) is 4.79 Å². The maximum atomic E-state index is 12.6.